The van der Waals surface area contributed by atoms with E-state index in [1.807, 2.05) is 79.9 Å². The minimum Gasteiger partial charge on any atom is -0.496 e. The Morgan fingerprint density at radius 3 is 2.32 bits per heavy atom. The number of carboxylic acid groups (broad SMARTS) is 1. The standard InChI is InChI=1S/C34H35N3O6S/c1-23-9-7-8-12-29(23)31-19-24(13-14-30(31)33(38)35-32(34(39)40)15-16-44-3)21-36(26-10-5-4-6-11-26)22-25-17-27(37(41)42)20-28(18-25)43-2/h4-14,17-20,32H,15-16,21-22H2,1-3H3,(H,35,38)(H,39,40)/t32-/m0/s1. The van der Waals surface area contributed by atoms with Crippen molar-refractivity contribution in [1.82, 2.24) is 5.32 Å². The Kier molecular flexibility index (Phi) is 11.0. The molecule has 0 heterocycles. The number of carbonyl (C=O) groups is 2. The summed E-state index contributed by atoms with van der Waals surface area (Å²) in [5, 5.41) is 24.0. The zero-order valence-corrected chi connectivity index (χ0v) is 25.7. The maximum absolute atomic E-state index is 13.5. The van der Waals surface area contributed by atoms with E-state index < -0.39 is 22.8 Å². The third-order valence-electron chi connectivity index (χ3n) is 7.24. The van der Waals surface area contributed by atoms with Gasteiger partial charge in [0, 0.05) is 30.4 Å². The van der Waals surface area contributed by atoms with Crippen LogP contribution in [0.5, 0.6) is 5.75 Å². The molecule has 0 spiro atoms. The lowest BCUT2D eigenvalue weighted by Crippen LogP contribution is -2.41. The number of nitro benzene ring substituents is 1. The second-order valence-electron chi connectivity index (χ2n) is 10.3. The van der Waals surface area contributed by atoms with Crippen molar-refractivity contribution in [3.8, 4) is 16.9 Å². The predicted molar refractivity (Wildman–Crippen MR) is 174 cm³/mol. The number of non-ortho nitro benzene ring substituents is 1. The molecule has 0 aliphatic carbocycles. The van der Waals surface area contributed by atoms with Crippen LogP contribution in [0.3, 0.4) is 0 Å². The van der Waals surface area contributed by atoms with E-state index in [4.69, 9.17) is 4.74 Å². The highest BCUT2D eigenvalue weighted by molar-refractivity contribution is 7.98. The number of nitrogens with zero attached hydrogens (tertiary/aromatic N) is 2. The number of hydrogen-bond donors (Lipinski definition) is 2. The van der Waals surface area contributed by atoms with E-state index >= 15 is 0 Å². The van der Waals surface area contributed by atoms with Gasteiger partial charge in [0.1, 0.15) is 11.8 Å². The number of benzene rings is 4. The summed E-state index contributed by atoms with van der Waals surface area (Å²) in [5.74, 6) is -0.520. The molecule has 0 saturated carbocycles. The summed E-state index contributed by atoms with van der Waals surface area (Å²) in [4.78, 5) is 38.6. The molecule has 0 aliphatic heterocycles. The molecule has 0 aliphatic rings. The van der Waals surface area contributed by atoms with Gasteiger partial charge in [-0.15, -0.1) is 0 Å². The molecule has 0 unspecified atom stereocenters. The first-order valence-corrected chi connectivity index (χ1v) is 15.4. The molecule has 0 aromatic heterocycles. The summed E-state index contributed by atoms with van der Waals surface area (Å²) in [7, 11) is 1.48. The number of para-hydroxylation sites is 1. The molecule has 4 aromatic rings. The molecule has 9 nitrogen and oxygen atoms in total. The molecule has 44 heavy (non-hydrogen) atoms. The van der Waals surface area contributed by atoms with Gasteiger partial charge in [-0.05, 0) is 83.5 Å². The molecule has 0 bridgehead atoms. The number of carbonyl (C=O) groups excluding carboxylic acids is 1. The van der Waals surface area contributed by atoms with Gasteiger partial charge in [-0.1, -0.05) is 48.5 Å². The summed E-state index contributed by atoms with van der Waals surface area (Å²) >= 11 is 1.52. The lowest BCUT2D eigenvalue weighted by molar-refractivity contribution is -0.385. The van der Waals surface area contributed by atoms with Crippen LogP contribution < -0.4 is 15.0 Å². The summed E-state index contributed by atoms with van der Waals surface area (Å²) in [6.45, 7) is 2.76. The number of nitrogens with one attached hydrogen (secondary N) is 1. The number of aliphatic carboxylic acids is 1. The topological polar surface area (TPSA) is 122 Å². The maximum atomic E-state index is 13.5. The first kappa shape index (κ1) is 32.1. The van der Waals surface area contributed by atoms with Gasteiger partial charge in [0.25, 0.3) is 11.6 Å². The van der Waals surface area contributed by atoms with Crippen LogP contribution in [0.1, 0.15) is 33.5 Å². The van der Waals surface area contributed by atoms with Crippen LogP contribution in [0, 0.1) is 17.0 Å². The monoisotopic (exact) mass is 613 g/mol. The Morgan fingerprint density at radius 1 is 0.955 bits per heavy atom. The Bertz CT molecular complexity index is 1630. The molecule has 2 N–H and O–H groups in total. The molecule has 0 saturated heterocycles. The Hall–Kier alpha value is -4.83. The minimum atomic E-state index is -1.07. The number of methoxy groups -OCH3 is 1. The van der Waals surface area contributed by atoms with Gasteiger partial charge in [0.05, 0.1) is 18.1 Å². The van der Waals surface area contributed by atoms with Gasteiger partial charge in [-0.2, -0.15) is 11.8 Å². The first-order valence-electron chi connectivity index (χ1n) is 14.0. The molecule has 0 fully saturated rings. The second kappa shape index (κ2) is 15.1. The highest BCUT2D eigenvalue weighted by Gasteiger charge is 2.23. The molecular weight excluding hydrogens is 578 g/mol. The molecule has 0 radical (unpaired) electrons. The number of ether oxygens (including phenoxy) is 1. The number of rotatable bonds is 14. The summed E-state index contributed by atoms with van der Waals surface area (Å²) in [5.41, 5.74) is 5.38. The first-order chi connectivity index (χ1) is 21.2. The molecule has 1 atom stereocenters. The highest BCUT2D eigenvalue weighted by atomic mass is 32.2. The molecular formula is C34H35N3O6S. The Labute approximate surface area is 261 Å². The van der Waals surface area contributed by atoms with Crippen molar-refractivity contribution in [1.29, 1.82) is 0 Å². The van der Waals surface area contributed by atoms with E-state index in [0.717, 1.165) is 22.4 Å². The highest BCUT2D eigenvalue weighted by Crippen LogP contribution is 2.31. The van der Waals surface area contributed by atoms with Crippen LogP contribution >= 0.6 is 11.8 Å². The van der Waals surface area contributed by atoms with Crippen LogP contribution in [0.2, 0.25) is 0 Å². The number of anilines is 1. The molecule has 10 heteroatoms. The van der Waals surface area contributed by atoms with Crippen molar-refractivity contribution in [3.63, 3.8) is 0 Å². The van der Waals surface area contributed by atoms with E-state index in [1.165, 1.54) is 24.9 Å². The van der Waals surface area contributed by atoms with Crippen LogP contribution in [-0.4, -0.2) is 47.1 Å². The van der Waals surface area contributed by atoms with E-state index in [9.17, 15) is 24.8 Å². The van der Waals surface area contributed by atoms with E-state index in [-0.39, 0.29) is 5.69 Å². The Balaban J connectivity index is 1.74. The van der Waals surface area contributed by atoms with E-state index in [2.05, 4.69) is 10.2 Å². The lowest BCUT2D eigenvalue weighted by atomic mass is 9.93. The van der Waals surface area contributed by atoms with Crippen LogP contribution in [0.25, 0.3) is 11.1 Å². The molecule has 4 rings (SSSR count). The van der Waals surface area contributed by atoms with Gasteiger partial charge in [-0.3, -0.25) is 14.9 Å². The largest absolute Gasteiger partial charge is 0.496 e. The van der Waals surface area contributed by atoms with E-state index in [0.29, 0.717) is 47.7 Å². The maximum Gasteiger partial charge on any atom is 0.326 e. The van der Waals surface area contributed by atoms with Crippen molar-refractivity contribution in [3.05, 3.63) is 123 Å². The van der Waals surface area contributed by atoms with Gasteiger partial charge in [-0.25, -0.2) is 4.79 Å². The van der Waals surface area contributed by atoms with Crippen molar-refractivity contribution in [2.24, 2.45) is 0 Å². The number of aryl methyl sites for hydroxylation is 1. The van der Waals surface area contributed by atoms with Crippen LogP contribution in [-0.2, 0) is 17.9 Å². The number of hydrogen-bond acceptors (Lipinski definition) is 7. The average Bonchev–Trinajstić information content (AvgIpc) is 3.02. The number of amides is 1. The van der Waals surface area contributed by atoms with Crippen molar-refractivity contribution in [2.45, 2.75) is 32.5 Å². The fourth-order valence-corrected chi connectivity index (χ4v) is 5.46. The molecule has 4 aromatic carbocycles. The average molecular weight is 614 g/mol. The van der Waals surface area contributed by atoms with Crippen molar-refractivity contribution < 1.29 is 24.4 Å². The normalized spacial score (nSPS) is 11.4. The fourth-order valence-electron chi connectivity index (χ4n) is 4.99. The van der Waals surface area contributed by atoms with Crippen LogP contribution in [0.4, 0.5) is 11.4 Å². The molecule has 228 valence electrons. The van der Waals surface area contributed by atoms with Gasteiger partial charge in [0.15, 0.2) is 0 Å². The second-order valence-corrected chi connectivity index (χ2v) is 11.3. The van der Waals surface area contributed by atoms with E-state index in [1.54, 1.807) is 18.2 Å². The van der Waals surface area contributed by atoms with Crippen molar-refractivity contribution >= 4 is 35.0 Å². The summed E-state index contributed by atoms with van der Waals surface area (Å²) in [6.07, 6.45) is 2.21. The van der Waals surface area contributed by atoms with Crippen LogP contribution in [0.15, 0.2) is 91.0 Å². The number of nitro groups is 1. The molecule has 1 amide bonds. The van der Waals surface area contributed by atoms with Gasteiger partial charge in [0.2, 0.25) is 0 Å². The van der Waals surface area contributed by atoms with Crippen molar-refractivity contribution in [2.75, 3.05) is 24.0 Å². The summed E-state index contributed by atoms with van der Waals surface area (Å²) in [6, 6.07) is 26.7. The fraction of sp³-hybridized carbons (Fsp3) is 0.235. The zero-order chi connectivity index (χ0) is 31.6. The third-order valence-corrected chi connectivity index (χ3v) is 7.89. The third kappa shape index (κ3) is 8.17. The zero-order valence-electron chi connectivity index (χ0n) is 24.9. The lowest BCUT2D eigenvalue weighted by Gasteiger charge is -2.26. The quantitative estimate of drug-likeness (QED) is 0.119. The Morgan fingerprint density at radius 2 is 1.66 bits per heavy atom. The number of thioether (sulfide) groups is 1. The summed E-state index contributed by atoms with van der Waals surface area (Å²) < 4.78 is 5.33. The van der Waals surface area contributed by atoms with Gasteiger partial charge < -0.3 is 20.1 Å². The smallest absolute Gasteiger partial charge is 0.326 e. The SMILES string of the molecule is COc1cc(CN(Cc2ccc(C(=O)N[C@@H](CCSC)C(=O)O)c(-c3ccccc3C)c2)c2ccccc2)cc([N+](=O)[O-])c1. The predicted octanol–water partition coefficient (Wildman–Crippen LogP) is 6.72. The number of carboxylic acids is 1. The minimum absolute atomic E-state index is 0.0539. The van der Waals surface area contributed by atoms with Gasteiger partial charge >= 0.3 is 5.97 Å².